The summed E-state index contributed by atoms with van der Waals surface area (Å²) in [5.74, 6) is 1.73. The Morgan fingerprint density at radius 2 is 1.68 bits per heavy atom. The van der Waals surface area contributed by atoms with Gasteiger partial charge in [-0.05, 0) is 37.7 Å². The normalized spacial score (nSPS) is 9.64. The number of amides is 1. The molecule has 0 bridgehead atoms. The number of carbonyl (C=O) groups is 1. The van der Waals surface area contributed by atoms with Crippen molar-refractivity contribution in [1.29, 1.82) is 0 Å². The topological polar surface area (TPSA) is 68.8 Å². The van der Waals surface area contributed by atoms with Crippen molar-refractivity contribution < 1.29 is 19.0 Å². The van der Waals surface area contributed by atoms with E-state index in [1.165, 1.54) is 0 Å². The molecule has 126 valence electrons. The molecule has 0 fully saturated rings. The Bertz CT molecular complexity index is 444. The van der Waals surface area contributed by atoms with Gasteiger partial charge in [0.2, 0.25) is 11.7 Å². The minimum atomic E-state index is 0. The summed E-state index contributed by atoms with van der Waals surface area (Å²) >= 11 is 0. The maximum absolute atomic E-state index is 11.7. The molecule has 0 aliphatic heterocycles. The zero-order valence-corrected chi connectivity index (χ0v) is 14.3. The molecule has 2 N–H and O–H groups in total. The molecule has 1 aromatic carbocycles. The van der Waals surface area contributed by atoms with Crippen LogP contribution in [-0.2, 0) is 11.3 Å². The van der Waals surface area contributed by atoms with Crippen LogP contribution >= 0.6 is 12.4 Å². The lowest BCUT2D eigenvalue weighted by atomic mass is 10.1. The summed E-state index contributed by atoms with van der Waals surface area (Å²) < 4.78 is 15.8. The summed E-state index contributed by atoms with van der Waals surface area (Å²) in [5.41, 5.74) is 0.895. The van der Waals surface area contributed by atoms with Gasteiger partial charge < -0.3 is 24.8 Å². The lowest BCUT2D eigenvalue weighted by Crippen LogP contribution is -2.23. The van der Waals surface area contributed by atoms with Crippen LogP contribution in [0.2, 0.25) is 0 Å². The Morgan fingerprint density at radius 1 is 1.09 bits per heavy atom. The zero-order chi connectivity index (χ0) is 15.7. The molecule has 1 aromatic rings. The summed E-state index contributed by atoms with van der Waals surface area (Å²) in [6.45, 7) is 1.26. The van der Waals surface area contributed by atoms with E-state index < -0.39 is 0 Å². The van der Waals surface area contributed by atoms with Crippen molar-refractivity contribution in [3.05, 3.63) is 17.7 Å². The van der Waals surface area contributed by atoms with Crippen molar-refractivity contribution in [2.24, 2.45) is 0 Å². The van der Waals surface area contributed by atoms with Crippen LogP contribution < -0.4 is 24.8 Å². The Morgan fingerprint density at radius 3 is 2.14 bits per heavy atom. The average Bonchev–Trinajstić information content (AvgIpc) is 2.51. The van der Waals surface area contributed by atoms with E-state index in [4.69, 9.17) is 14.2 Å². The number of rotatable bonds is 9. The SMILES string of the molecule is CNCCCC(=O)NCc1cc(OC)c(OC)c(OC)c1.Cl. The summed E-state index contributed by atoms with van der Waals surface area (Å²) in [6, 6.07) is 3.66. The van der Waals surface area contributed by atoms with Gasteiger partial charge in [0.15, 0.2) is 11.5 Å². The van der Waals surface area contributed by atoms with Gasteiger partial charge in [0.05, 0.1) is 21.3 Å². The van der Waals surface area contributed by atoms with Crippen LogP contribution in [-0.4, -0.2) is 40.8 Å². The summed E-state index contributed by atoms with van der Waals surface area (Å²) in [7, 11) is 6.56. The molecular weight excluding hydrogens is 308 g/mol. The largest absolute Gasteiger partial charge is 0.493 e. The number of methoxy groups -OCH3 is 3. The van der Waals surface area contributed by atoms with E-state index in [1.807, 2.05) is 19.2 Å². The molecule has 0 aliphatic carbocycles. The van der Waals surface area contributed by atoms with Crippen LogP contribution in [0.4, 0.5) is 0 Å². The first kappa shape index (κ1) is 20.3. The van der Waals surface area contributed by atoms with Crippen molar-refractivity contribution in [2.45, 2.75) is 19.4 Å². The van der Waals surface area contributed by atoms with Crippen LogP contribution in [0.3, 0.4) is 0 Å². The molecule has 1 rings (SSSR count). The molecule has 0 unspecified atom stereocenters. The second kappa shape index (κ2) is 11.0. The van der Waals surface area contributed by atoms with E-state index in [1.54, 1.807) is 21.3 Å². The van der Waals surface area contributed by atoms with E-state index in [0.29, 0.717) is 30.2 Å². The summed E-state index contributed by atoms with van der Waals surface area (Å²) in [5, 5.41) is 5.89. The van der Waals surface area contributed by atoms with Gasteiger partial charge in [-0.15, -0.1) is 12.4 Å². The first-order valence-electron chi connectivity index (χ1n) is 6.86. The number of hydrogen-bond acceptors (Lipinski definition) is 5. The molecule has 1 amide bonds. The van der Waals surface area contributed by atoms with Gasteiger partial charge in [-0.2, -0.15) is 0 Å². The van der Waals surface area contributed by atoms with E-state index in [9.17, 15) is 4.79 Å². The number of ether oxygens (including phenoxy) is 3. The smallest absolute Gasteiger partial charge is 0.220 e. The highest BCUT2D eigenvalue weighted by Crippen LogP contribution is 2.38. The fourth-order valence-electron chi connectivity index (χ4n) is 1.95. The van der Waals surface area contributed by atoms with E-state index >= 15 is 0 Å². The standard InChI is InChI=1S/C15H24N2O4.ClH/c1-16-7-5-6-14(18)17-10-11-8-12(19-2)15(21-4)13(9-11)20-3;/h8-9,16H,5-7,10H2,1-4H3,(H,17,18);1H. The maximum Gasteiger partial charge on any atom is 0.220 e. The molecule has 22 heavy (non-hydrogen) atoms. The minimum absolute atomic E-state index is 0. The van der Waals surface area contributed by atoms with Crippen LogP contribution in [0.5, 0.6) is 17.2 Å². The van der Waals surface area contributed by atoms with E-state index in [2.05, 4.69) is 10.6 Å². The third-order valence-electron chi connectivity index (χ3n) is 3.04. The van der Waals surface area contributed by atoms with Crippen LogP contribution in [0, 0.1) is 0 Å². The van der Waals surface area contributed by atoms with Gasteiger partial charge in [-0.1, -0.05) is 0 Å². The second-order valence-electron chi connectivity index (χ2n) is 4.52. The molecule has 0 atom stereocenters. The molecule has 0 aromatic heterocycles. The second-order valence-corrected chi connectivity index (χ2v) is 4.52. The number of halogens is 1. The van der Waals surface area contributed by atoms with Crippen molar-refractivity contribution in [2.75, 3.05) is 34.9 Å². The Labute approximate surface area is 137 Å². The van der Waals surface area contributed by atoms with Crippen LogP contribution in [0.25, 0.3) is 0 Å². The molecule has 0 aliphatic rings. The predicted molar refractivity (Wildman–Crippen MR) is 88.4 cm³/mol. The molecule has 7 heteroatoms. The Hall–Kier alpha value is -1.66. The third-order valence-corrected chi connectivity index (χ3v) is 3.04. The molecule has 0 spiro atoms. The monoisotopic (exact) mass is 332 g/mol. The predicted octanol–water partition coefficient (Wildman–Crippen LogP) is 1.75. The van der Waals surface area contributed by atoms with Crippen LogP contribution in [0.1, 0.15) is 18.4 Å². The van der Waals surface area contributed by atoms with Crippen molar-refractivity contribution in [3.63, 3.8) is 0 Å². The number of nitrogens with one attached hydrogen (secondary N) is 2. The molecule has 0 radical (unpaired) electrons. The lowest BCUT2D eigenvalue weighted by molar-refractivity contribution is -0.121. The quantitative estimate of drug-likeness (QED) is 0.674. The average molecular weight is 333 g/mol. The van der Waals surface area contributed by atoms with Gasteiger partial charge in [0.25, 0.3) is 0 Å². The molecule has 0 saturated carbocycles. The third kappa shape index (κ3) is 5.99. The highest BCUT2D eigenvalue weighted by Gasteiger charge is 2.13. The first-order valence-corrected chi connectivity index (χ1v) is 6.86. The molecule has 6 nitrogen and oxygen atoms in total. The van der Waals surface area contributed by atoms with Gasteiger partial charge >= 0.3 is 0 Å². The molecular formula is C15H25ClN2O4. The van der Waals surface area contributed by atoms with Gasteiger partial charge in [-0.3, -0.25) is 4.79 Å². The van der Waals surface area contributed by atoms with E-state index in [-0.39, 0.29) is 18.3 Å². The summed E-state index contributed by atoms with van der Waals surface area (Å²) in [4.78, 5) is 11.7. The Kier molecular flexibility index (Phi) is 10.2. The number of benzene rings is 1. The number of hydrogen-bond donors (Lipinski definition) is 2. The van der Waals surface area contributed by atoms with Crippen LogP contribution in [0.15, 0.2) is 12.1 Å². The fraction of sp³-hybridized carbons (Fsp3) is 0.533. The zero-order valence-electron chi connectivity index (χ0n) is 13.5. The first-order chi connectivity index (χ1) is 10.2. The minimum Gasteiger partial charge on any atom is -0.493 e. The van der Waals surface area contributed by atoms with Crippen molar-refractivity contribution in [1.82, 2.24) is 10.6 Å². The van der Waals surface area contributed by atoms with Crippen molar-refractivity contribution >= 4 is 18.3 Å². The highest BCUT2D eigenvalue weighted by molar-refractivity contribution is 5.85. The molecule has 0 saturated heterocycles. The Balaban J connectivity index is 0.00000441. The lowest BCUT2D eigenvalue weighted by Gasteiger charge is -2.14. The van der Waals surface area contributed by atoms with Gasteiger partial charge in [0.1, 0.15) is 0 Å². The number of carbonyl (C=O) groups excluding carboxylic acids is 1. The van der Waals surface area contributed by atoms with Gasteiger partial charge in [-0.25, -0.2) is 0 Å². The highest BCUT2D eigenvalue weighted by atomic mass is 35.5. The maximum atomic E-state index is 11.7. The van der Waals surface area contributed by atoms with E-state index in [0.717, 1.165) is 18.5 Å². The summed E-state index contributed by atoms with van der Waals surface area (Å²) in [6.07, 6.45) is 1.32. The van der Waals surface area contributed by atoms with Crippen molar-refractivity contribution in [3.8, 4) is 17.2 Å². The molecule has 0 heterocycles. The van der Waals surface area contributed by atoms with Gasteiger partial charge in [0, 0.05) is 13.0 Å². The fourth-order valence-corrected chi connectivity index (χ4v) is 1.95.